The number of anilines is 1. The Morgan fingerprint density at radius 1 is 1.03 bits per heavy atom. The standard InChI is InChI=1S/C27H29N3O5S/c1-3-16-35-22-11-10-20(17-23(22)34-4-2)18-24-26(32)30(27(33)36-24)19-25(31)29-14-12-28(13-15-29)21-8-6-5-7-9-21/h3,5-11,17-18H,1,4,12-16,19H2,2H3/b24-18+. The van der Waals surface area contributed by atoms with Gasteiger partial charge in [0.1, 0.15) is 13.2 Å². The first-order valence-corrected chi connectivity index (χ1v) is 12.7. The van der Waals surface area contributed by atoms with Crippen molar-refractivity contribution in [2.45, 2.75) is 6.92 Å². The first kappa shape index (κ1) is 25.4. The Morgan fingerprint density at radius 2 is 1.78 bits per heavy atom. The minimum absolute atomic E-state index is 0.228. The lowest BCUT2D eigenvalue weighted by Gasteiger charge is -2.36. The van der Waals surface area contributed by atoms with Crippen LogP contribution in [0.15, 0.2) is 66.1 Å². The molecule has 2 fully saturated rings. The molecule has 0 bridgehead atoms. The van der Waals surface area contributed by atoms with E-state index >= 15 is 0 Å². The largest absolute Gasteiger partial charge is 0.490 e. The molecule has 0 atom stereocenters. The minimum Gasteiger partial charge on any atom is -0.490 e. The molecule has 0 spiro atoms. The summed E-state index contributed by atoms with van der Waals surface area (Å²) in [4.78, 5) is 43.6. The van der Waals surface area contributed by atoms with Gasteiger partial charge in [0, 0.05) is 31.9 Å². The van der Waals surface area contributed by atoms with Crippen molar-refractivity contribution in [2.75, 3.05) is 50.8 Å². The Hall–Kier alpha value is -3.72. The second-order valence-electron chi connectivity index (χ2n) is 8.21. The molecule has 3 amide bonds. The Morgan fingerprint density at radius 3 is 2.47 bits per heavy atom. The predicted octanol–water partition coefficient (Wildman–Crippen LogP) is 4.04. The number of hydrogen-bond acceptors (Lipinski definition) is 7. The summed E-state index contributed by atoms with van der Waals surface area (Å²) in [5, 5.41) is -0.446. The van der Waals surface area contributed by atoms with Crippen LogP contribution in [0.5, 0.6) is 11.5 Å². The fourth-order valence-corrected chi connectivity index (χ4v) is 4.86. The van der Waals surface area contributed by atoms with E-state index in [-0.39, 0.29) is 17.4 Å². The molecule has 9 heteroatoms. The molecule has 36 heavy (non-hydrogen) atoms. The first-order chi connectivity index (χ1) is 17.5. The predicted molar refractivity (Wildman–Crippen MR) is 141 cm³/mol. The quantitative estimate of drug-likeness (QED) is 0.374. The van der Waals surface area contributed by atoms with E-state index in [1.807, 2.05) is 37.3 Å². The highest BCUT2D eigenvalue weighted by atomic mass is 32.2. The summed E-state index contributed by atoms with van der Waals surface area (Å²) in [6.45, 7) is 8.53. The van der Waals surface area contributed by atoms with Gasteiger partial charge < -0.3 is 19.3 Å². The molecule has 8 nitrogen and oxygen atoms in total. The molecule has 4 rings (SSSR count). The number of thioether (sulfide) groups is 1. The first-order valence-electron chi connectivity index (χ1n) is 11.8. The number of benzene rings is 2. The number of carbonyl (C=O) groups excluding carboxylic acids is 3. The number of nitrogens with zero attached hydrogens (tertiary/aromatic N) is 3. The van der Waals surface area contributed by atoms with Crippen LogP contribution in [-0.2, 0) is 9.59 Å². The fraction of sp³-hybridized carbons (Fsp3) is 0.296. The van der Waals surface area contributed by atoms with Crippen LogP contribution < -0.4 is 14.4 Å². The number of para-hydroxylation sites is 1. The number of rotatable bonds is 9. The van der Waals surface area contributed by atoms with Gasteiger partial charge in [0.15, 0.2) is 11.5 Å². The Bertz CT molecular complexity index is 1160. The van der Waals surface area contributed by atoms with Crippen LogP contribution in [-0.4, -0.2) is 72.8 Å². The van der Waals surface area contributed by atoms with Crippen LogP contribution in [0.1, 0.15) is 12.5 Å². The Kier molecular flexibility index (Phi) is 8.32. The molecule has 2 aromatic rings. The van der Waals surface area contributed by atoms with E-state index in [1.54, 1.807) is 35.3 Å². The van der Waals surface area contributed by atoms with Crippen LogP contribution >= 0.6 is 11.8 Å². The monoisotopic (exact) mass is 507 g/mol. The lowest BCUT2D eigenvalue weighted by molar-refractivity contribution is -0.136. The van der Waals surface area contributed by atoms with Crippen molar-refractivity contribution in [3.63, 3.8) is 0 Å². The summed E-state index contributed by atoms with van der Waals surface area (Å²) in [5.41, 5.74) is 1.81. The summed E-state index contributed by atoms with van der Waals surface area (Å²) in [6.07, 6.45) is 3.28. The van der Waals surface area contributed by atoms with E-state index in [0.717, 1.165) is 22.3 Å². The molecule has 0 saturated carbocycles. The molecule has 188 valence electrons. The average molecular weight is 508 g/mol. The van der Waals surface area contributed by atoms with Crippen LogP contribution in [0.4, 0.5) is 10.5 Å². The summed E-state index contributed by atoms with van der Waals surface area (Å²) < 4.78 is 11.3. The third kappa shape index (κ3) is 5.91. The molecule has 2 saturated heterocycles. The van der Waals surface area contributed by atoms with E-state index in [2.05, 4.69) is 11.5 Å². The topological polar surface area (TPSA) is 79.4 Å². The Labute approximate surface area is 215 Å². The van der Waals surface area contributed by atoms with Crippen molar-refractivity contribution in [1.82, 2.24) is 9.80 Å². The van der Waals surface area contributed by atoms with Gasteiger partial charge in [-0.3, -0.25) is 19.3 Å². The maximum atomic E-state index is 13.0. The van der Waals surface area contributed by atoms with Crippen molar-refractivity contribution in [2.24, 2.45) is 0 Å². The zero-order valence-corrected chi connectivity index (χ0v) is 21.0. The molecule has 0 aromatic heterocycles. The summed E-state index contributed by atoms with van der Waals surface area (Å²) in [7, 11) is 0. The molecule has 0 aliphatic carbocycles. The normalized spacial score (nSPS) is 17.0. The molecule has 2 aromatic carbocycles. The number of carbonyl (C=O) groups is 3. The van der Waals surface area contributed by atoms with Gasteiger partial charge in [0.05, 0.1) is 11.5 Å². The number of piperazine rings is 1. The number of hydrogen-bond donors (Lipinski definition) is 0. The minimum atomic E-state index is -0.466. The molecule has 2 aliphatic rings. The highest BCUT2D eigenvalue weighted by molar-refractivity contribution is 8.18. The molecular formula is C27H29N3O5S. The second-order valence-corrected chi connectivity index (χ2v) is 9.20. The summed E-state index contributed by atoms with van der Waals surface area (Å²) in [5.74, 6) is 0.414. The zero-order chi connectivity index (χ0) is 25.5. The van der Waals surface area contributed by atoms with Gasteiger partial charge in [0.25, 0.3) is 11.1 Å². The SMILES string of the molecule is C=CCOc1ccc(/C=C2/SC(=O)N(CC(=O)N3CCN(c4ccccc4)CC3)C2=O)cc1OCC. The fourth-order valence-electron chi connectivity index (χ4n) is 4.03. The lowest BCUT2D eigenvalue weighted by atomic mass is 10.2. The molecule has 2 heterocycles. The van der Waals surface area contributed by atoms with Gasteiger partial charge in [-0.1, -0.05) is 36.9 Å². The van der Waals surface area contributed by atoms with Gasteiger partial charge in [-0.05, 0) is 54.6 Å². The van der Waals surface area contributed by atoms with E-state index in [9.17, 15) is 14.4 Å². The van der Waals surface area contributed by atoms with Gasteiger partial charge in [0.2, 0.25) is 5.91 Å². The third-order valence-corrected chi connectivity index (χ3v) is 6.75. The molecule has 0 unspecified atom stereocenters. The van der Waals surface area contributed by atoms with Gasteiger partial charge in [-0.25, -0.2) is 0 Å². The van der Waals surface area contributed by atoms with Crippen molar-refractivity contribution in [1.29, 1.82) is 0 Å². The molecule has 0 N–H and O–H groups in total. The van der Waals surface area contributed by atoms with Crippen LogP contribution in [0.3, 0.4) is 0 Å². The van der Waals surface area contributed by atoms with Crippen molar-refractivity contribution in [3.05, 3.63) is 71.7 Å². The van der Waals surface area contributed by atoms with E-state index in [1.165, 1.54) is 0 Å². The lowest BCUT2D eigenvalue weighted by Crippen LogP contribution is -2.51. The van der Waals surface area contributed by atoms with Crippen molar-refractivity contribution in [3.8, 4) is 11.5 Å². The maximum absolute atomic E-state index is 13.0. The van der Waals surface area contributed by atoms with Gasteiger partial charge in [-0.15, -0.1) is 0 Å². The van der Waals surface area contributed by atoms with Gasteiger partial charge >= 0.3 is 0 Å². The molecule has 2 aliphatic heterocycles. The smallest absolute Gasteiger partial charge is 0.294 e. The second kappa shape index (κ2) is 11.8. The van der Waals surface area contributed by atoms with Gasteiger partial charge in [-0.2, -0.15) is 0 Å². The van der Waals surface area contributed by atoms with E-state index < -0.39 is 11.1 Å². The highest BCUT2D eigenvalue weighted by Crippen LogP contribution is 2.34. The molecule has 0 radical (unpaired) electrons. The maximum Gasteiger partial charge on any atom is 0.294 e. The zero-order valence-electron chi connectivity index (χ0n) is 20.2. The number of amides is 3. The van der Waals surface area contributed by atoms with Crippen LogP contribution in [0.2, 0.25) is 0 Å². The van der Waals surface area contributed by atoms with E-state index in [0.29, 0.717) is 56.5 Å². The van der Waals surface area contributed by atoms with Crippen molar-refractivity contribution < 1.29 is 23.9 Å². The summed E-state index contributed by atoms with van der Waals surface area (Å²) >= 11 is 0.834. The van der Waals surface area contributed by atoms with Crippen molar-refractivity contribution >= 4 is 40.6 Å². The highest BCUT2D eigenvalue weighted by Gasteiger charge is 2.37. The third-order valence-electron chi connectivity index (χ3n) is 5.84. The van der Waals surface area contributed by atoms with E-state index in [4.69, 9.17) is 9.47 Å². The average Bonchev–Trinajstić information content (AvgIpc) is 3.16. The summed E-state index contributed by atoms with van der Waals surface area (Å²) in [6, 6.07) is 15.3. The van der Waals surface area contributed by atoms with Crippen LogP contribution in [0.25, 0.3) is 6.08 Å². The number of imide groups is 1. The van der Waals surface area contributed by atoms with Crippen LogP contribution in [0, 0.1) is 0 Å². The number of ether oxygens (including phenoxy) is 2. The molecular weight excluding hydrogens is 478 g/mol. The Balaban J connectivity index is 1.39.